The summed E-state index contributed by atoms with van der Waals surface area (Å²) < 4.78 is 5.14. The van der Waals surface area contributed by atoms with Crippen LogP contribution in [0.1, 0.15) is 32.3 Å². The Morgan fingerprint density at radius 3 is 2.65 bits per heavy atom. The van der Waals surface area contributed by atoms with Gasteiger partial charge >= 0.3 is 0 Å². The van der Waals surface area contributed by atoms with Gasteiger partial charge in [0.1, 0.15) is 5.75 Å². The summed E-state index contributed by atoms with van der Waals surface area (Å²) in [5, 5.41) is 4.28. The van der Waals surface area contributed by atoms with Crippen LogP contribution in [0, 0.1) is 5.92 Å². The number of ether oxygens (including phenoxy) is 1. The summed E-state index contributed by atoms with van der Waals surface area (Å²) >= 11 is 6.10. The van der Waals surface area contributed by atoms with Gasteiger partial charge in [-0.15, -0.1) is 0 Å². The summed E-state index contributed by atoms with van der Waals surface area (Å²) in [4.78, 5) is 0. The molecule has 1 N–H and O–H groups in total. The van der Waals surface area contributed by atoms with E-state index >= 15 is 0 Å². The lowest BCUT2D eigenvalue weighted by atomic mass is 9.98. The monoisotopic (exact) mass is 253 g/mol. The minimum absolute atomic E-state index is 0.229. The fraction of sp³-hybridized carbons (Fsp3) is 0.571. The van der Waals surface area contributed by atoms with Crippen molar-refractivity contribution in [3.8, 4) is 5.75 Å². The van der Waals surface area contributed by atoms with Crippen LogP contribution in [0.5, 0.6) is 5.75 Å². The predicted molar refractivity (Wildman–Crippen MR) is 71.6 cm³/mol. The molecule has 0 radical (unpaired) electrons. The highest BCUT2D eigenvalue weighted by Crippen LogP contribution is 2.39. The molecule has 1 fully saturated rings. The lowest BCUT2D eigenvalue weighted by Gasteiger charge is -2.26. The molecule has 0 heterocycles. The Balaban J connectivity index is 1.97. The molecule has 0 unspecified atom stereocenters. The minimum atomic E-state index is 0.229. The smallest absolute Gasteiger partial charge is 0.137 e. The van der Waals surface area contributed by atoms with E-state index in [2.05, 4.69) is 25.2 Å². The Morgan fingerprint density at radius 2 is 2.12 bits per heavy atom. The molecule has 0 bridgehead atoms. The van der Waals surface area contributed by atoms with E-state index in [4.69, 9.17) is 16.3 Å². The van der Waals surface area contributed by atoms with Gasteiger partial charge in [-0.25, -0.2) is 0 Å². The molecule has 0 atom stereocenters. The first-order valence-corrected chi connectivity index (χ1v) is 6.48. The van der Waals surface area contributed by atoms with Crippen LogP contribution in [0.25, 0.3) is 0 Å². The average Bonchev–Trinajstić information content (AvgIpc) is 3.11. The highest BCUT2D eigenvalue weighted by molar-refractivity contribution is 6.32. The van der Waals surface area contributed by atoms with E-state index in [1.807, 2.05) is 12.1 Å². The molecule has 2 nitrogen and oxygen atoms in total. The van der Waals surface area contributed by atoms with Crippen LogP contribution in [0.15, 0.2) is 18.2 Å². The number of hydrogen-bond acceptors (Lipinski definition) is 2. The number of benzene rings is 1. The van der Waals surface area contributed by atoms with E-state index in [9.17, 15) is 0 Å². The van der Waals surface area contributed by atoms with E-state index in [-0.39, 0.29) is 5.54 Å². The number of rotatable bonds is 5. The molecule has 2 rings (SSSR count). The molecule has 0 saturated heterocycles. The molecule has 0 aromatic heterocycles. The van der Waals surface area contributed by atoms with Gasteiger partial charge < -0.3 is 10.1 Å². The zero-order valence-electron chi connectivity index (χ0n) is 10.7. The van der Waals surface area contributed by atoms with Crippen LogP contribution in [0.3, 0.4) is 0 Å². The molecule has 94 valence electrons. The van der Waals surface area contributed by atoms with Crippen molar-refractivity contribution in [3.63, 3.8) is 0 Å². The van der Waals surface area contributed by atoms with Gasteiger partial charge in [0, 0.05) is 12.1 Å². The molecule has 17 heavy (non-hydrogen) atoms. The van der Waals surface area contributed by atoms with Crippen LogP contribution in [0.2, 0.25) is 5.02 Å². The molecule has 1 aromatic rings. The Bertz CT molecular complexity index is 399. The standard InChI is InChI=1S/C14H20ClNO/c1-14(2,11-5-6-11)16-9-10-4-7-13(17-3)12(15)8-10/h4,7-8,11,16H,5-6,9H2,1-3H3. The molecule has 1 aliphatic rings. The Hall–Kier alpha value is -0.730. The van der Waals surface area contributed by atoms with Crippen LogP contribution < -0.4 is 10.1 Å². The second-order valence-electron chi connectivity index (χ2n) is 5.32. The third-order valence-electron chi connectivity index (χ3n) is 3.56. The first-order valence-electron chi connectivity index (χ1n) is 6.10. The molecule has 0 aliphatic heterocycles. The Labute approximate surface area is 108 Å². The van der Waals surface area contributed by atoms with Crippen molar-refractivity contribution in [1.82, 2.24) is 5.32 Å². The quantitative estimate of drug-likeness (QED) is 0.865. The summed E-state index contributed by atoms with van der Waals surface area (Å²) in [5.74, 6) is 1.56. The predicted octanol–water partition coefficient (Wildman–Crippen LogP) is 3.63. The zero-order valence-corrected chi connectivity index (χ0v) is 11.5. The van der Waals surface area contributed by atoms with E-state index in [1.165, 1.54) is 18.4 Å². The summed E-state index contributed by atoms with van der Waals surface area (Å²) in [6.07, 6.45) is 2.70. The van der Waals surface area contributed by atoms with Crippen LogP contribution in [0.4, 0.5) is 0 Å². The van der Waals surface area contributed by atoms with Gasteiger partial charge in [0.05, 0.1) is 12.1 Å². The SMILES string of the molecule is COc1ccc(CNC(C)(C)C2CC2)cc1Cl. The highest BCUT2D eigenvalue weighted by atomic mass is 35.5. The molecule has 1 saturated carbocycles. The maximum absolute atomic E-state index is 6.10. The largest absolute Gasteiger partial charge is 0.495 e. The first kappa shape index (κ1) is 12.7. The molecular formula is C14H20ClNO. The van der Waals surface area contributed by atoms with Crippen molar-refractivity contribution in [2.45, 2.75) is 38.8 Å². The second-order valence-corrected chi connectivity index (χ2v) is 5.73. The first-order chi connectivity index (χ1) is 8.03. The minimum Gasteiger partial charge on any atom is -0.495 e. The van der Waals surface area contributed by atoms with Gasteiger partial charge in [-0.1, -0.05) is 17.7 Å². The van der Waals surface area contributed by atoms with Gasteiger partial charge in [-0.05, 0) is 50.3 Å². The summed E-state index contributed by atoms with van der Waals surface area (Å²) in [7, 11) is 1.63. The van der Waals surface area contributed by atoms with E-state index in [0.29, 0.717) is 5.02 Å². The average molecular weight is 254 g/mol. The molecule has 3 heteroatoms. The van der Waals surface area contributed by atoms with E-state index < -0.39 is 0 Å². The van der Waals surface area contributed by atoms with Crippen LogP contribution in [-0.4, -0.2) is 12.6 Å². The zero-order chi connectivity index (χ0) is 12.5. The third kappa shape index (κ3) is 3.14. The maximum atomic E-state index is 6.10. The second kappa shape index (κ2) is 4.87. The number of hydrogen-bond donors (Lipinski definition) is 1. The van der Waals surface area contributed by atoms with Crippen molar-refractivity contribution >= 4 is 11.6 Å². The number of halogens is 1. The highest BCUT2D eigenvalue weighted by Gasteiger charge is 2.37. The van der Waals surface area contributed by atoms with Gasteiger partial charge in [-0.2, -0.15) is 0 Å². The Kier molecular flexibility index (Phi) is 3.64. The van der Waals surface area contributed by atoms with Crippen molar-refractivity contribution in [2.24, 2.45) is 5.92 Å². The topological polar surface area (TPSA) is 21.3 Å². The van der Waals surface area contributed by atoms with Crippen LogP contribution in [-0.2, 0) is 6.54 Å². The molecule has 0 spiro atoms. The van der Waals surface area contributed by atoms with Gasteiger partial charge in [0.15, 0.2) is 0 Å². The summed E-state index contributed by atoms with van der Waals surface area (Å²) in [5.41, 5.74) is 1.43. The molecule has 1 aromatic carbocycles. The van der Waals surface area contributed by atoms with Crippen molar-refractivity contribution in [1.29, 1.82) is 0 Å². The van der Waals surface area contributed by atoms with Crippen molar-refractivity contribution in [2.75, 3.05) is 7.11 Å². The number of nitrogens with one attached hydrogen (secondary N) is 1. The fourth-order valence-electron chi connectivity index (χ4n) is 2.10. The third-order valence-corrected chi connectivity index (χ3v) is 3.86. The van der Waals surface area contributed by atoms with Gasteiger partial charge in [-0.3, -0.25) is 0 Å². The molecular weight excluding hydrogens is 234 g/mol. The molecule has 1 aliphatic carbocycles. The lowest BCUT2D eigenvalue weighted by molar-refractivity contribution is 0.339. The van der Waals surface area contributed by atoms with Crippen molar-refractivity contribution in [3.05, 3.63) is 28.8 Å². The maximum Gasteiger partial charge on any atom is 0.137 e. The van der Waals surface area contributed by atoms with E-state index in [0.717, 1.165) is 18.2 Å². The van der Waals surface area contributed by atoms with E-state index in [1.54, 1.807) is 7.11 Å². The summed E-state index contributed by atoms with van der Waals surface area (Å²) in [6.45, 7) is 5.40. The normalized spacial score (nSPS) is 16.0. The van der Waals surface area contributed by atoms with Gasteiger partial charge in [0.2, 0.25) is 0 Å². The van der Waals surface area contributed by atoms with Crippen molar-refractivity contribution < 1.29 is 4.74 Å². The molecule has 0 amide bonds. The van der Waals surface area contributed by atoms with Gasteiger partial charge in [0.25, 0.3) is 0 Å². The Morgan fingerprint density at radius 1 is 1.41 bits per heavy atom. The fourth-order valence-corrected chi connectivity index (χ4v) is 2.38. The lowest BCUT2D eigenvalue weighted by Crippen LogP contribution is -2.40. The summed E-state index contributed by atoms with van der Waals surface area (Å²) in [6, 6.07) is 5.94. The number of methoxy groups -OCH3 is 1. The van der Waals surface area contributed by atoms with Crippen LogP contribution >= 0.6 is 11.6 Å².